The molecule has 0 saturated heterocycles. The Hall–Kier alpha value is -1.44. The normalized spacial score (nSPS) is 18.0. The molecule has 0 unspecified atom stereocenters. The number of carbonyl (C=O) groups excluding carboxylic acids is 2. The van der Waals surface area contributed by atoms with Crippen LogP contribution in [-0.4, -0.2) is 11.6 Å². The lowest BCUT2D eigenvalue weighted by Gasteiger charge is -2.29. The molecule has 0 atom stereocenters. The lowest BCUT2D eigenvalue weighted by atomic mass is 9.73. The van der Waals surface area contributed by atoms with E-state index >= 15 is 0 Å². The van der Waals surface area contributed by atoms with Crippen LogP contribution in [0.25, 0.3) is 0 Å². The zero-order valence-corrected chi connectivity index (χ0v) is 15.4. The molecule has 0 spiro atoms. The summed E-state index contributed by atoms with van der Waals surface area (Å²) in [5.74, 6) is -0.0143. The third-order valence-corrected chi connectivity index (χ3v) is 4.29. The molecular formula is C20H30O2. The van der Waals surface area contributed by atoms with Crippen LogP contribution in [0.5, 0.6) is 0 Å². The molecule has 0 aromatic heterocycles. The topological polar surface area (TPSA) is 34.1 Å². The highest BCUT2D eigenvalue weighted by atomic mass is 16.1. The maximum absolute atomic E-state index is 12.5. The summed E-state index contributed by atoms with van der Waals surface area (Å²) in [7, 11) is 0. The van der Waals surface area contributed by atoms with E-state index in [-0.39, 0.29) is 22.4 Å². The largest absolute Gasteiger partial charge is 0.290 e. The lowest BCUT2D eigenvalue weighted by molar-refractivity contribution is -0.116. The minimum absolute atomic E-state index is 0.0176. The van der Waals surface area contributed by atoms with Gasteiger partial charge in [-0.2, -0.15) is 0 Å². The van der Waals surface area contributed by atoms with Crippen molar-refractivity contribution < 1.29 is 9.59 Å². The molecule has 122 valence electrons. The van der Waals surface area contributed by atoms with Gasteiger partial charge in [0.15, 0.2) is 11.6 Å². The van der Waals surface area contributed by atoms with Crippen LogP contribution in [0.3, 0.4) is 0 Å². The van der Waals surface area contributed by atoms with Crippen LogP contribution in [0.2, 0.25) is 0 Å². The van der Waals surface area contributed by atoms with E-state index < -0.39 is 0 Å². The van der Waals surface area contributed by atoms with Gasteiger partial charge in [0.05, 0.1) is 0 Å². The van der Waals surface area contributed by atoms with Gasteiger partial charge < -0.3 is 0 Å². The summed E-state index contributed by atoms with van der Waals surface area (Å²) in [6.45, 7) is 16.4. The van der Waals surface area contributed by atoms with E-state index in [1.165, 1.54) is 11.6 Å². The minimum Gasteiger partial charge on any atom is -0.290 e. The van der Waals surface area contributed by atoms with E-state index in [4.69, 9.17) is 0 Å². The van der Waals surface area contributed by atoms with Crippen molar-refractivity contribution >= 4 is 11.6 Å². The highest BCUT2D eigenvalue weighted by molar-refractivity contribution is 6.22. The number of hydrogen-bond donors (Lipinski definition) is 0. The Morgan fingerprint density at radius 3 is 2.09 bits per heavy atom. The van der Waals surface area contributed by atoms with E-state index in [0.29, 0.717) is 16.7 Å². The molecule has 0 aromatic rings. The first-order valence-corrected chi connectivity index (χ1v) is 7.99. The van der Waals surface area contributed by atoms with Crippen LogP contribution < -0.4 is 0 Å². The van der Waals surface area contributed by atoms with Gasteiger partial charge in [-0.15, -0.1) is 0 Å². The molecule has 0 aromatic carbocycles. The maximum atomic E-state index is 12.5. The highest BCUT2D eigenvalue weighted by Crippen LogP contribution is 2.37. The Labute approximate surface area is 135 Å². The van der Waals surface area contributed by atoms with Gasteiger partial charge in [0.1, 0.15) is 0 Å². The first-order chi connectivity index (χ1) is 9.85. The Bertz CT molecular complexity index is 575. The standard InChI is InChI=1S/C20H30O2/c1-13(12-19(4,5)6)9-10-20(7,8)16-11-17(21)14(2)15(3)18(16)22/h9,11H,10,12H2,1-8H3. The molecule has 2 heteroatoms. The number of rotatable bonds is 4. The first kappa shape index (κ1) is 18.6. The summed E-state index contributed by atoms with van der Waals surface area (Å²) >= 11 is 0. The molecule has 0 heterocycles. The molecular weight excluding hydrogens is 272 g/mol. The summed E-state index contributed by atoms with van der Waals surface area (Å²) in [6.07, 6.45) is 5.56. The Morgan fingerprint density at radius 2 is 1.59 bits per heavy atom. The molecule has 0 saturated carbocycles. The summed E-state index contributed by atoms with van der Waals surface area (Å²) in [5, 5.41) is 0. The number of allylic oxidation sites excluding steroid dienone is 6. The molecule has 0 bridgehead atoms. The summed E-state index contributed by atoms with van der Waals surface area (Å²) in [6, 6.07) is 0. The quantitative estimate of drug-likeness (QED) is 0.528. The third-order valence-electron chi connectivity index (χ3n) is 4.29. The zero-order valence-electron chi connectivity index (χ0n) is 15.4. The molecule has 2 nitrogen and oxygen atoms in total. The first-order valence-electron chi connectivity index (χ1n) is 7.99. The SMILES string of the molecule is CC(=CCC(C)(C)C1=CC(=O)C(C)=C(C)C1=O)CC(C)(C)C. The average molecular weight is 302 g/mol. The predicted molar refractivity (Wildman–Crippen MR) is 92.7 cm³/mol. The minimum atomic E-state index is -0.326. The average Bonchev–Trinajstić information content (AvgIpc) is 2.36. The fourth-order valence-corrected chi connectivity index (χ4v) is 2.81. The van der Waals surface area contributed by atoms with Gasteiger partial charge in [-0.05, 0) is 50.5 Å². The Kier molecular flexibility index (Phi) is 5.38. The molecule has 0 N–H and O–H groups in total. The maximum Gasteiger partial charge on any atom is 0.185 e. The van der Waals surface area contributed by atoms with Crippen LogP contribution in [0, 0.1) is 10.8 Å². The second-order valence-corrected chi connectivity index (χ2v) is 8.38. The summed E-state index contributed by atoms with van der Waals surface area (Å²) < 4.78 is 0. The fraction of sp³-hybridized carbons (Fsp3) is 0.600. The number of hydrogen-bond acceptors (Lipinski definition) is 2. The third kappa shape index (κ3) is 4.53. The van der Waals surface area contributed by atoms with Crippen molar-refractivity contribution in [3.63, 3.8) is 0 Å². The molecule has 1 aliphatic rings. The Morgan fingerprint density at radius 1 is 1.05 bits per heavy atom. The molecule has 0 aliphatic heterocycles. The number of carbonyl (C=O) groups is 2. The van der Waals surface area contributed by atoms with Gasteiger partial charge in [0.2, 0.25) is 0 Å². The van der Waals surface area contributed by atoms with Crippen molar-refractivity contribution in [2.24, 2.45) is 10.8 Å². The molecule has 0 amide bonds. The smallest absolute Gasteiger partial charge is 0.185 e. The fourth-order valence-electron chi connectivity index (χ4n) is 2.81. The lowest BCUT2D eigenvalue weighted by Crippen LogP contribution is -2.27. The van der Waals surface area contributed by atoms with Crippen LogP contribution in [0.15, 0.2) is 34.4 Å². The molecule has 0 radical (unpaired) electrons. The van der Waals surface area contributed by atoms with Crippen LogP contribution in [0.1, 0.15) is 68.2 Å². The van der Waals surface area contributed by atoms with Crippen molar-refractivity contribution in [2.75, 3.05) is 0 Å². The summed E-state index contributed by atoms with van der Waals surface area (Å²) in [4.78, 5) is 24.5. The van der Waals surface area contributed by atoms with Crippen molar-refractivity contribution in [2.45, 2.75) is 68.2 Å². The summed E-state index contributed by atoms with van der Waals surface area (Å²) in [5.41, 5.74) is 3.07. The van der Waals surface area contributed by atoms with E-state index in [1.54, 1.807) is 13.8 Å². The second kappa shape index (κ2) is 6.36. The van der Waals surface area contributed by atoms with Crippen molar-refractivity contribution in [1.29, 1.82) is 0 Å². The van der Waals surface area contributed by atoms with Gasteiger partial charge in [-0.25, -0.2) is 0 Å². The van der Waals surface area contributed by atoms with Gasteiger partial charge >= 0.3 is 0 Å². The second-order valence-electron chi connectivity index (χ2n) is 8.38. The van der Waals surface area contributed by atoms with E-state index in [1.807, 2.05) is 13.8 Å². The van der Waals surface area contributed by atoms with Gasteiger partial charge in [-0.1, -0.05) is 46.3 Å². The highest BCUT2D eigenvalue weighted by Gasteiger charge is 2.33. The molecule has 22 heavy (non-hydrogen) atoms. The van der Waals surface area contributed by atoms with Crippen LogP contribution in [-0.2, 0) is 9.59 Å². The van der Waals surface area contributed by atoms with Crippen LogP contribution >= 0.6 is 0 Å². The van der Waals surface area contributed by atoms with E-state index in [9.17, 15) is 9.59 Å². The van der Waals surface area contributed by atoms with Gasteiger partial charge in [0, 0.05) is 16.7 Å². The molecule has 1 rings (SSSR count). The number of ketones is 2. The van der Waals surface area contributed by atoms with Gasteiger partial charge in [-0.3, -0.25) is 9.59 Å². The van der Waals surface area contributed by atoms with E-state index in [2.05, 4.69) is 33.8 Å². The monoisotopic (exact) mass is 302 g/mol. The predicted octanol–water partition coefficient (Wildman–Crippen LogP) is 5.20. The van der Waals surface area contributed by atoms with Crippen molar-refractivity contribution in [1.82, 2.24) is 0 Å². The molecule has 0 fully saturated rings. The van der Waals surface area contributed by atoms with Crippen LogP contribution in [0.4, 0.5) is 0 Å². The molecule has 1 aliphatic carbocycles. The van der Waals surface area contributed by atoms with Gasteiger partial charge in [0.25, 0.3) is 0 Å². The number of Topliss-reactive ketones (excluding diaryl/α,β-unsaturated/α-hetero) is 1. The van der Waals surface area contributed by atoms with E-state index in [0.717, 1.165) is 12.8 Å². The zero-order chi connectivity index (χ0) is 17.3. The Balaban J connectivity index is 2.96. The van der Waals surface area contributed by atoms with Crippen molar-refractivity contribution in [3.05, 3.63) is 34.4 Å². The van der Waals surface area contributed by atoms with Crippen molar-refractivity contribution in [3.8, 4) is 0 Å².